The fraction of sp³-hybridized carbons (Fsp3) is 0.567. The van der Waals surface area contributed by atoms with Crippen molar-refractivity contribution < 1.29 is 14.3 Å². The van der Waals surface area contributed by atoms with E-state index in [0.717, 1.165) is 76.2 Å². The van der Waals surface area contributed by atoms with Crippen molar-refractivity contribution in [2.24, 2.45) is 5.41 Å². The largest absolute Gasteiger partial charge is 0.492 e. The van der Waals surface area contributed by atoms with Gasteiger partial charge in [0.1, 0.15) is 24.7 Å². The van der Waals surface area contributed by atoms with E-state index in [1.54, 1.807) is 0 Å². The van der Waals surface area contributed by atoms with Gasteiger partial charge in [0.2, 0.25) is 5.91 Å². The molecule has 0 radical (unpaired) electrons. The van der Waals surface area contributed by atoms with Gasteiger partial charge in [-0.2, -0.15) is 0 Å². The molecule has 4 rings (SSSR count). The molecule has 196 valence electrons. The van der Waals surface area contributed by atoms with Crippen LogP contribution < -0.4 is 14.8 Å². The molecule has 1 fully saturated rings. The minimum Gasteiger partial charge on any atom is -0.492 e. The number of aryl methyl sites for hydroxylation is 1. The minimum atomic E-state index is -0.277. The average Bonchev–Trinajstić information content (AvgIpc) is 2.86. The van der Waals surface area contributed by atoms with Crippen molar-refractivity contribution in [1.82, 2.24) is 15.1 Å². The Bertz CT molecular complexity index is 985. The molecule has 1 N–H and O–H groups in total. The van der Waals surface area contributed by atoms with Crippen LogP contribution in [0.3, 0.4) is 0 Å². The van der Waals surface area contributed by atoms with Gasteiger partial charge in [0, 0.05) is 13.1 Å². The van der Waals surface area contributed by atoms with E-state index in [1.807, 2.05) is 25.1 Å². The van der Waals surface area contributed by atoms with E-state index in [-0.39, 0.29) is 17.4 Å². The normalized spacial score (nSPS) is 21.1. The summed E-state index contributed by atoms with van der Waals surface area (Å²) in [6.45, 7) is 6.90. The SMILES string of the molecule is C[C@@H]1COc2ccccc2CCCCC2(CCN(Cc3cccc(OCCN(C)C)c3)CC2)C(=O)N1. The average molecular weight is 494 g/mol. The Hall–Kier alpha value is -2.57. The molecule has 6 heteroatoms. The van der Waals surface area contributed by atoms with Gasteiger partial charge in [0.25, 0.3) is 0 Å². The van der Waals surface area contributed by atoms with Gasteiger partial charge < -0.3 is 19.7 Å². The van der Waals surface area contributed by atoms with E-state index in [2.05, 4.69) is 59.5 Å². The highest BCUT2D eigenvalue weighted by Gasteiger charge is 2.41. The summed E-state index contributed by atoms with van der Waals surface area (Å²) in [4.78, 5) is 18.1. The number of likely N-dealkylation sites (tertiary alicyclic amines) is 1. The highest BCUT2D eigenvalue weighted by Crippen LogP contribution is 2.38. The van der Waals surface area contributed by atoms with E-state index in [0.29, 0.717) is 13.2 Å². The molecule has 1 saturated heterocycles. The number of rotatable bonds is 6. The highest BCUT2D eigenvalue weighted by molar-refractivity contribution is 5.83. The number of amides is 1. The van der Waals surface area contributed by atoms with Crippen LogP contribution in [0, 0.1) is 5.41 Å². The van der Waals surface area contributed by atoms with Crippen LogP contribution in [0.5, 0.6) is 11.5 Å². The van der Waals surface area contributed by atoms with Crippen molar-refractivity contribution in [2.45, 2.75) is 58.0 Å². The molecule has 2 aromatic carbocycles. The number of nitrogens with one attached hydrogen (secondary N) is 1. The molecule has 2 aliphatic rings. The lowest BCUT2D eigenvalue weighted by atomic mass is 9.73. The molecule has 1 spiro atoms. The van der Waals surface area contributed by atoms with E-state index in [4.69, 9.17) is 9.47 Å². The Morgan fingerprint density at radius 2 is 1.89 bits per heavy atom. The number of nitrogens with zero attached hydrogens (tertiary/aromatic N) is 2. The molecule has 2 aliphatic heterocycles. The Labute approximate surface area is 217 Å². The van der Waals surface area contributed by atoms with Gasteiger partial charge in [-0.05, 0) is 95.5 Å². The second-order valence-corrected chi connectivity index (χ2v) is 10.9. The fourth-order valence-electron chi connectivity index (χ4n) is 5.33. The summed E-state index contributed by atoms with van der Waals surface area (Å²) in [5.41, 5.74) is 2.26. The Kier molecular flexibility index (Phi) is 9.27. The number of piperidine rings is 1. The second-order valence-electron chi connectivity index (χ2n) is 10.9. The third-order valence-electron chi connectivity index (χ3n) is 7.60. The fourth-order valence-corrected chi connectivity index (χ4v) is 5.33. The summed E-state index contributed by atoms with van der Waals surface area (Å²) in [6.07, 6.45) is 5.90. The summed E-state index contributed by atoms with van der Waals surface area (Å²) < 4.78 is 12.0. The van der Waals surface area contributed by atoms with E-state index in [1.165, 1.54) is 11.1 Å². The predicted octanol–water partition coefficient (Wildman–Crippen LogP) is 4.52. The molecular formula is C30H43N3O3. The maximum atomic E-state index is 13.5. The van der Waals surface area contributed by atoms with Crippen LogP contribution >= 0.6 is 0 Å². The second kappa shape index (κ2) is 12.6. The van der Waals surface area contributed by atoms with E-state index in [9.17, 15) is 4.79 Å². The lowest BCUT2D eigenvalue weighted by Gasteiger charge is -2.41. The van der Waals surface area contributed by atoms with Gasteiger partial charge in [0.05, 0.1) is 11.5 Å². The molecule has 6 nitrogen and oxygen atoms in total. The topological polar surface area (TPSA) is 54.0 Å². The maximum absolute atomic E-state index is 13.5. The Morgan fingerprint density at radius 1 is 1.08 bits per heavy atom. The van der Waals surface area contributed by atoms with Gasteiger partial charge in [-0.15, -0.1) is 0 Å². The first kappa shape index (κ1) is 26.5. The van der Waals surface area contributed by atoms with E-state index < -0.39 is 0 Å². The van der Waals surface area contributed by atoms with Gasteiger partial charge in [-0.25, -0.2) is 0 Å². The summed E-state index contributed by atoms with van der Waals surface area (Å²) in [5.74, 6) is 2.09. The Morgan fingerprint density at radius 3 is 2.69 bits per heavy atom. The van der Waals surface area contributed by atoms with Crippen LogP contribution in [-0.2, 0) is 17.8 Å². The van der Waals surface area contributed by atoms with Gasteiger partial charge >= 0.3 is 0 Å². The molecular weight excluding hydrogens is 450 g/mol. The standard InChI is InChI=1S/C30H43N3O3/c1-24-23-36-28-13-5-4-10-26(28)11-6-7-14-30(29(34)31-24)15-17-33(18-16-30)22-25-9-8-12-27(21-25)35-20-19-32(2)3/h4-5,8-10,12-13,21,24H,6-7,11,14-20,22-23H2,1-3H3,(H,31,34)/t24-/m1/s1. The number of ether oxygens (including phenoxy) is 2. The molecule has 0 bridgehead atoms. The maximum Gasteiger partial charge on any atom is 0.226 e. The number of likely N-dealkylation sites (N-methyl/N-ethyl adjacent to an activating group) is 1. The van der Waals surface area contributed by atoms with Crippen LogP contribution in [0.4, 0.5) is 0 Å². The van der Waals surface area contributed by atoms with Crippen molar-refractivity contribution in [3.05, 3.63) is 59.7 Å². The number of hydrogen-bond acceptors (Lipinski definition) is 5. The zero-order chi connectivity index (χ0) is 25.4. The first-order valence-electron chi connectivity index (χ1n) is 13.5. The van der Waals surface area contributed by atoms with Crippen molar-refractivity contribution in [2.75, 3.05) is 46.9 Å². The lowest BCUT2D eigenvalue weighted by molar-refractivity contribution is -0.135. The zero-order valence-electron chi connectivity index (χ0n) is 22.3. The Balaban J connectivity index is 1.35. The number of hydrogen-bond donors (Lipinski definition) is 1. The summed E-state index contributed by atoms with van der Waals surface area (Å²) in [5, 5.41) is 3.29. The molecule has 36 heavy (non-hydrogen) atoms. The van der Waals surface area contributed by atoms with Gasteiger partial charge in [0.15, 0.2) is 0 Å². The molecule has 1 atom stereocenters. The number of benzene rings is 2. The number of carbonyl (C=O) groups is 1. The molecule has 0 aromatic heterocycles. The molecule has 2 heterocycles. The highest BCUT2D eigenvalue weighted by atomic mass is 16.5. The molecule has 0 aliphatic carbocycles. The quantitative estimate of drug-likeness (QED) is 0.641. The third-order valence-corrected chi connectivity index (χ3v) is 7.60. The molecule has 0 saturated carbocycles. The summed E-state index contributed by atoms with van der Waals surface area (Å²) in [6, 6.07) is 16.7. The molecule has 2 aromatic rings. The van der Waals surface area contributed by atoms with E-state index >= 15 is 0 Å². The van der Waals surface area contributed by atoms with Crippen molar-refractivity contribution >= 4 is 5.91 Å². The predicted molar refractivity (Wildman–Crippen MR) is 145 cm³/mol. The monoisotopic (exact) mass is 493 g/mol. The van der Waals surface area contributed by atoms with Crippen molar-refractivity contribution in [3.63, 3.8) is 0 Å². The molecule has 1 amide bonds. The number of fused-ring (bicyclic) bond motifs is 1. The van der Waals surface area contributed by atoms with Crippen LogP contribution in [0.25, 0.3) is 0 Å². The lowest BCUT2D eigenvalue weighted by Crippen LogP contribution is -2.51. The zero-order valence-corrected chi connectivity index (χ0v) is 22.3. The van der Waals surface area contributed by atoms with Crippen molar-refractivity contribution in [3.8, 4) is 11.5 Å². The minimum absolute atomic E-state index is 0.0184. The first-order valence-corrected chi connectivity index (χ1v) is 13.5. The van der Waals surface area contributed by atoms with Crippen molar-refractivity contribution in [1.29, 1.82) is 0 Å². The summed E-state index contributed by atoms with van der Waals surface area (Å²) in [7, 11) is 4.11. The van der Waals surface area contributed by atoms with Gasteiger partial charge in [-0.1, -0.05) is 36.8 Å². The van der Waals surface area contributed by atoms with Gasteiger partial charge in [-0.3, -0.25) is 9.69 Å². The van der Waals surface area contributed by atoms with Crippen LogP contribution in [0.15, 0.2) is 48.5 Å². The molecule has 0 unspecified atom stereocenters. The number of para-hydroxylation sites is 1. The summed E-state index contributed by atoms with van der Waals surface area (Å²) >= 11 is 0. The smallest absolute Gasteiger partial charge is 0.226 e. The number of carbonyl (C=O) groups excluding carboxylic acids is 1. The van der Waals surface area contributed by atoms with Crippen LogP contribution in [0.2, 0.25) is 0 Å². The van der Waals surface area contributed by atoms with Crippen LogP contribution in [-0.4, -0.2) is 68.7 Å². The first-order chi connectivity index (χ1) is 17.4. The third kappa shape index (κ3) is 7.23. The van der Waals surface area contributed by atoms with Crippen LogP contribution in [0.1, 0.15) is 50.2 Å².